The number of nitrogens with one attached hydrogen (secondary N) is 1. The maximum absolute atomic E-state index is 12.0. The van der Waals surface area contributed by atoms with Crippen LogP contribution in [0.25, 0.3) is 0 Å². The molecule has 0 aliphatic carbocycles. The van der Waals surface area contributed by atoms with Crippen LogP contribution in [0.4, 0.5) is 0 Å². The lowest BCUT2D eigenvalue weighted by molar-refractivity contribution is -0.150. The number of sulfonamides is 1. The smallest absolute Gasteiger partial charge is 0.328 e. The molecule has 1 aromatic rings. The number of carbonyl (C=O) groups excluding carboxylic acids is 2. The van der Waals surface area contributed by atoms with Crippen molar-refractivity contribution in [2.24, 2.45) is 4.99 Å². The molecule has 0 saturated heterocycles. The summed E-state index contributed by atoms with van der Waals surface area (Å²) in [7, 11) is -3.65. The van der Waals surface area contributed by atoms with E-state index in [0.717, 1.165) is 12.8 Å². The maximum atomic E-state index is 12.0. The zero-order valence-electron chi connectivity index (χ0n) is 14.9. The first-order valence-corrected chi connectivity index (χ1v) is 9.97. The Morgan fingerprint density at radius 3 is 2.65 bits per heavy atom. The number of nitrogens with zero attached hydrogens (tertiary/aromatic N) is 2. The first-order chi connectivity index (χ1) is 12.4. The van der Waals surface area contributed by atoms with Crippen LogP contribution >= 0.6 is 0 Å². The summed E-state index contributed by atoms with van der Waals surface area (Å²) in [5, 5.41) is 0. The quantitative estimate of drug-likeness (QED) is 0.674. The molecule has 1 heterocycles. The predicted molar refractivity (Wildman–Crippen MR) is 96.3 cm³/mol. The molecule has 142 valence electrons. The number of likely N-dealkylation sites (N-methyl/N-ethyl adjacent to an activating group) is 1. The Balaban J connectivity index is 1.91. The van der Waals surface area contributed by atoms with E-state index >= 15 is 0 Å². The van der Waals surface area contributed by atoms with E-state index in [-0.39, 0.29) is 29.8 Å². The second kappa shape index (κ2) is 8.79. The first kappa shape index (κ1) is 19.9. The Morgan fingerprint density at radius 2 is 1.96 bits per heavy atom. The lowest BCUT2D eigenvalue weighted by Gasteiger charge is -2.20. The number of carbonyl (C=O) groups is 2. The molecule has 9 heteroatoms. The van der Waals surface area contributed by atoms with Gasteiger partial charge in [0.2, 0.25) is 0 Å². The van der Waals surface area contributed by atoms with Gasteiger partial charge in [0.1, 0.15) is 12.4 Å². The first-order valence-electron chi connectivity index (χ1n) is 8.49. The topological polar surface area (TPSA) is 105 Å². The minimum Gasteiger partial charge on any atom is -0.454 e. The van der Waals surface area contributed by atoms with Crippen molar-refractivity contribution in [2.75, 3.05) is 26.2 Å². The Kier molecular flexibility index (Phi) is 6.73. The standard InChI is InChI=1S/C17H23N3O5S/c1-3-5-10-20(4-2)15(21)12-25-16(22)11-18-17-13-8-6-7-9-14(13)26(23,24)19-17/h6-9H,3-5,10-12H2,1-2H3,(H,18,19). The van der Waals surface area contributed by atoms with E-state index in [4.69, 9.17) is 4.74 Å². The van der Waals surface area contributed by atoms with Crippen molar-refractivity contribution in [1.29, 1.82) is 0 Å². The van der Waals surface area contributed by atoms with E-state index in [1.54, 1.807) is 23.1 Å². The summed E-state index contributed by atoms with van der Waals surface area (Å²) in [6.45, 7) is 4.36. The Labute approximate surface area is 153 Å². The second-order valence-electron chi connectivity index (χ2n) is 5.75. The molecule has 0 unspecified atom stereocenters. The molecule has 0 fully saturated rings. The molecule has 0 bridgehead atoms. The molecule has 2 rings (SSSR count). The average molecular weight is 381 g/mol. The Morgan fingerprint density at radius 1 is 1.23 bits per heavy atom. The third kappa shape index (κ3) is 4.81. The molecule has 0 atom stereocenters. The van der Waals surface area contributed by atoms with E-state index < -0.39 is 16.0 Å². The highest BCUT2D eigenvalue weighted by Gasteiger charge is 2.30. The van der Waals surface area contributed by atoms with Crippen LogP contribution < -0.4 is 4.72 Å². The fraction of sp³-hybridized carbons (Fsp3) is 0.471. The van der Waals surface area contributed by atoms with Crippen LogP contribution in [0, 0.1) is 0 Å². The molecule has 1 aliphatic rings. The van der Waals surface area contributed by atoms with Gasteiger partial charge in [-0.15, -0.1) is 0 Å². The lowest BCUT2D eigenvalue weighted by Crippen LogP contribution is -2.35. The van der Waals surface area contributed by atoms with Gasteiger partial charge in [0.15, 0.2) is 6.61 Å². The number of fused-ring (bicyclic) bond motifs is 1. The molecule has 1 aromatic carbocycles. The van der Waals surface area contributed by atoms with Crippen LogP contribution in [0.2, 0.25) is 0 Å². The van der Waals surface area contributed by atoms with Crippen molar-refractivity contribution in [3.05, 3.63) is 29.8 Å². The molecular formula is C17H23N3O5S. The normalized spacial score (nSPS) is 16.0. The number of aliphatic imine (C=N–C) groups is 1. The van der Waals surface area contributed by atoms with Gasteiger partial charge in [-0.2, -0.15) is 0 Å². The summed E-state index contributed by atoms with van der Waals surface area (Å²) in [5.74, 6) is -0.850. The van der Waals surface area contributed by atoms with Crippen molar-refractivity contribution in [3.63, 3.8) is 0 Å². The fourth-order valence-corrected chi connectivity index (χ4v) is 3.73. The number of esters is 1. The number of ether oxygens (including phenoxy) is 1. The molecule has 1 N–H and O–H groups in total. The van der Waals surface area contributed by atoms with E-state index in [9.17, 15) is 18.0 Å². The van der Waals surface area contributed by atoms with Gasteiger partial charge in [-0.25, -0.2) is 8.42 Å². The Hall–Kier alpha value is -2.42. The highest BCUT2D eigenvalue weighted by Crippen LogP contribution is 2.21. The van der Waals surface area contributed by atoms with Gasteiger partial charge >= 0.3 is 5.97 Å². The number of amidine groups is 1. The summed E-state index contributed by atoms with van der Waals surface area (Å²) >= 11 is 0. The monoisotopic (exact) mass is 381 g/mol. The van der Waals surface area contributed by atoms with Gasteiger partial charge in [0.05, 0.1) is 4.90 Å². The summed E-state index contributed by atoms with van der Waals surface area (Å²) in [5.41, 5.74) is 0.410. The van der Waals surface area contributed by atoms with Crippen molar-refractivity contribution in [2.45, 2.75) is 31.6 Å². The highest BCUT2D eigenvalue weighted by molar-refractivity contribution is 7.90. The third-order valence-corrected chi connectivity index (χ3v) is 5.30. The molecular weight excluding hydrogens is 358 g/mol. The summed E-state index contributed by atoms with van der Waals surface area (Å²) in [6, 6.07) is 6.36. The summed E-state index contributed by atoms with van der Waals surface area (Å²) < 4.78 is 31.2. The highest BCUT2D eigenvalue weighted by atomic mass is 32.2. The third-order valence-electron chi connectivity index (χ3n) is 3.90. The van der Waals surface area contributed by atoms with E-state index in [1.807, 2.05) is 13.8 Å². The molecule has 0 radical (unpaired) electrons. The molecule has 1 aliphatic heterocycles. The maximum Gasteiger partial charge on any atom is 0.328 e. The SMILES string of the molecule is CCCCN(CC)C(=O)COC(=O)CN=C1NS(=O)(=O)c2ccccc21. The fourth-order valence-electron chi connectivity index (χ4n) is 2.48. The number of hydrogen-bond donors (Lipinski definition) is 1. The van der Waals surface area contributed by atoms with Gasteiger partial charge in [-0.1, -0.05) is 25.5 Å². The van der Waals surface area contributed by atoms with Crippen molar-refractivity contribution in [1.82, 2.24) is 9.62 Å². The van der Waals surface area contributed by atoms with E-state index in [1.165, 1.54) is 6.07 Å². The van der Waals surface area contributed by atoms with Gasteiger partial charge in [0.25, 0.3) is 15.9 Å². The minimum absolute atomic E-state index is 0.0991. The van der Waals surface area contributed by atoms with E-state index in [2.05, 4.69) is 9.71 Å². The molecule has 0 aromatic heterocycles. The zero-order chi connectivity index (χ0) is 19.2. The zero-order valence-corrected chi connectivity index (χ0v) is 15.7. The van der Waals surface area contributed by atoms with Crippen LogP contribution in [-0.2, 0) is 24.3 Å². The van der Waals surface area contributed by atoms with Crippen molar-refractivity contribution >= 4 is 27.7 Å². The lowest BCUT2D eigenvalue weighted by atomic mass is 10.2. The predicted octanol–water partition coefficient (Wildman–Crippen LogP) is 0.917. The summed E-state index contributed by atoms with van der Waals surface area (Å²) in [6.07, 6.45) is 1.86. The number of rotatable bonds is 8. The number of unbranched alkanes of at least 4 members (excludes halogenated alkanes) is 1. The van der Waals surface area contributed by atoms with Gasteiger partial charge in [-0.05, 0) is 25.5 Å². The van der Waals surface area contributed by atoms with Crippen LogP contribution in [0.5, 0.6) is 0 Å². The average Bonchev–Trinajstić information content (AvgIpc) is 2.89. The molecule has 8 nitrogen and oxygen atoms in total. The van der Waals surface area contributed by atoms with Crippen molar-refractivity contribution < 1.29 is 22.7 Å². The van der Waals surface area contributed by atoms with Crippen LogP contribution in [0.1, 0.15) is 32.3 Å². The number of amides is 1. The van der Waals surface area contributed by atoms with Crippen LogP contribution in [-0.4, -0.2) is 57.3 Å². The largest absolute Gasteiger partial charge is 0.454 e. The Bertz CT molecular complexity index is 804. The van der Waals surface area contributed by atoms with Gasteiger partial charge in [-0.3, -0.25) is 19.3 Å². The van der Waals surface area contributed by atoms with Gasteiger partial charge < -0.3 is 9.64 Å². The number of hydrogen-bond acceptors (Lipinski definition) is 6. The number of benzene rings is 1. The second-order valence-corrected chi connectivity index (χ2v) is 7.40. The molecule has 1 amide bonds. The molecule has 26 heavy (non-hydrogen) atoms. The minimum atomic E-state index is -3.65. The van der Waals surface area contributed by atoms with E-state index in [0.29, 0.717) is 18.7 Å². The summed E-state index contributed by atoms with van der Waals surface area (Å²) in [4.78, 5) is 29.6. The van der Waals surface area contributed by atoms with Crippen LogP contribution in [0.15, 0.2) is 34.2 Å². The van der Waals surface area contributed by atoms with Gasteiger partial charge in [0, 0.05) is 18.7 Å². The van der Waals surface area contributed by atoms with Crippen molar-refractivity contribution in [3.8, 4) is 0 Å². The molecule has 0 saturated carbocycles. The molecule has 0 spiro atoms. The van der Waals surface area contributed by atoms with Crippen LogP contribution in [0.3, 0.4) is 0 Å².